The Kier molecular flexibility index (Phi) is 5.88. The number of amides is 1. The van der Waals surface area contributed by atoms with Crippen molar-refractivity contribution >= 4 is 5.91 Å². The maximum absolute atomic E-state index is 12.0. The van der Waals surface area contributed by atoms with Gasteiger partial charge < -0.3 is 14.4 Å². The van der Waals surface area contributed by atoms with Crippen LogP contribution in [0.3, 0.4) is 0 Å². The van der Waals surface area contributed by atoms with E-state index in [-0.39, 0.29) is 12.5 Å². The summed E-state index contributed by atoms with van der Waals surface area (Å²) in [5, 5.41) is 8.88. The lowest BCUT2D eigenvalue weighted by molar-refractivity contribution is -0.131. The van der Waals surface area contributed by atoms with Gasteiger partial charge in [-0.05, 0) is 25.6 Å². The Morgan fingerprint density at radius 2 is 2.17 bits per heavy atom. The fourth-order valence-electron chi connectivity index (χ4n) is 1.69. The number of likely N-dealkylation sites (N-methyl/N-ethyl adjacent to an activating group) is 2. The number of aryl methyl sites for hydroxylation is 1. The summed E-state index contributed by atoms with van der Waals surface area (Å²) >= 11 is 0. The van der Waals surface area contributed by atoms with Crippen molar-refractivity contribution in [3.05, 3.63) is 23.7 Å². The van der Waals surface area contributed by atoms with Crippen molar-refractivity contribution in [3.63, 3.8) is 0 Å². The van der Waals surface area contributed by atoms with Gasteiger partial charge in [-0.2, -0.15) is 0 Å². The van der Waals surface area contributed by atoms with Crippen molar-refractivity contribution in [1.82, 2.24) is 9.80 Å². The molecule has 0 bridgehead atoms. The summed E-state index contributed by atoms with van der Waals surface area (Å²) in [5.74, 6) is 1.66. The summed E-state index contributed by atoms with van der Waals surface area (Å²) in [7, 11) is 1.76. The van der Waals surface area contributed by atoms with E-state index < -0.39 is 0 Å². The van der Waals surface area contributed by atoms with Crippen molar-refractivity contribution in [2.75, 3.05) is 33.3 Å². The zero-order valence-electron chi connectivity index (χ0n) is 11.3. The van der Waals surface area contributed by atoms with Crippen LogP contribution in [-0.4, -0.2) is 54.1 Å². The highest BCUT2D eigenvalue weighted by molar-refractivity contribution is 5.77. The van der Waals surface area contributed by atoms with Gasteiger partial charge >= 0.3 is 0 Å². The van der Waals surface area contributed by atoms with Crippen LogP contribution < -0.4 is 0 Å². The van der Waals surface area contributed by atoms with Crippen LogP contribution in [0.5, 0.6) is 0 Å². The number of carbonyl (C=O) groups is 1. The van der Waals surface area contributed by atoms with Crippen LogP contribution in [-0.2, 0) is 11.3 Å². The molecule has 0 aliphatic carbocycles. The molecular formula is C13H22N2O3. The monoisotopic (exact) mass is 254 g/mol. The molecule has 0 fully saturated rings. The number of furan rings is 1. The Hall–Kier alpha value is -1.33. The fraction of sp³-hybridized carbons (Fsp3) is 0.615. The summed E-state index contributed by atoms with van der Waals surface area (Å²) in [6.07, 6.45) is 0. The van der Waals surface area contributed by atoms with E-state index in [1.165, 1.54) is 0 Å². The summed E-state index contributed by atoms with van der Waals surface area (Å²) in [5.41, 5.74) is 0. The Morgan fingerprint density at radius 3 is 2.67 bits per heavy atom. The number of aliphatic hydroxyl groups is 1. The summed E-state index contributed by atoms with van der Waals surface area (Å²) in [4.78, 5) is 15.5. The molecule has 5 nitrogen and oxygen atoms in total. The minimum Gasteiger partial charge on any atom is -0.464 e. The smallest absolute Gasteiger partial charge is 0.236 e. The highest BCUT2D eigenvalue weighted by Crippen LogP contribution is 2.08. The van der Waals surface area contributed by atoms with Crippen LogP contribution in [0.1, 0.15) is 18.4 Å². The molecule has 18 heavy (non-hydrogen) atoms. The standard InChI is InChI=1S/C13H22N2O3/c1-4-15(7-8-16)10-13(17)14(3)9-12-6-5-11(2)18-12/h5-6,16H,4,7-10H2,1-3H3. The van der Waals surface area contributed by atoms with Crippen molar-refractivity contribution in [2.24, 2.45) is 0 Å². The Bertz CT molecular complexity index is 376. The topological polar surface area (TPSA) is 56.9 Å². The number of rotatable bonds is 7. The van der Waals surface area contributed by atoms with Gasteiger partial charge in [0.1, 0.15) is 11.5 Å². The minimum atomic E-state index is 0.0272. The van der Waals surface area contributed by atoms with E-state index in [1.54, 1.807) is 11.9 Å². The van der Waals surface area contributed by atoms with Crippen molar-refractivity contribution < 1.29 is 14.3 Å². The van der Waals surface area contributed by atoms with E-state index in [4.69, 9.17) is 9.52 Å². The highest BCUT2D eigenvalue weighted by atomic mass is 16.3. The van der Waals surface area contributed by atoms with Crippen molar-refractivity contribution in [3.8, 4) is 0 Å². The van der Waals surface area contributed by atoms with Gasteiger partial charge in [-0.25, -0.2) is 0 Å². The Balaban J connectivity index is 2.45. The molecule has 102 valence electrons. The normalized spacial score (nSPS) is 10.9. The summed E-state index contributed by atoms with van der Waals surface area (Å²) < 4.78 is 5.44. The van der Waals surface area contributed by atoms with Crippen LogP contribution in [0.15, 0.2) is 16.5 Å². The molecule has 0 radical (unpaired) electrons. The molecule has 0 aliphatic rings. The molecule has 0 saturated carbocycles. The number of nitrogens with zero attached hydrogens (tertiary/aromatic N) is 2. The van der Waals surface area contributed by atoms with E-state index in [0.29, 0.717) is 19.6 Å². The van der Waals surface area contributed by atoms with Crippen LogP contribution in [0.4, 0.5) is 0 Å². The van der Waals surface area contributed by atoms with Gasteiger partial charge in [-0.1, -0.05) is 6.92 Å². The quantitative estimate of drug-likeness (QED) is 0.784. The molecule has 0 aromatic carbocycles. The number of hydrogen-bond donors (Lipinski definition) is 1. The van der Waals surface area contributed by atoms with Crippen LogP contribution in [0, 0.1) is 6.92 Å². The second-order valence-corrected chi connectivity index (χ2v) is 4.35. The SMILES string of the molecule is CCN(CCO)CC(=O)N(C)Cc1ccc(C)o1. The van der Waals surface area contributed by atoms with E-state index in [1.807, 2.05) is 30.9 Å². The highest BCUT2D eigenvalue weighted by Gasteiger charge is 2.14. The zero-order valence-corrected chi connectivity index (χ0v) is 11.3. The molecule has 5 heteroatoms. The van der Waals surface area contributed by atoms with E-state index >= 15 is 0 Å². The maximum atomic E-state index is 12.0. The lowest BCUT2D eigenvalue weighted by Gasteiger charge is -2.22. The molecule has 0 spiro atoms. The molecule has 0 unspecified atom stereocenters. The summed E-state index contributed by atoms with van der Waals surface area (Å²) in [6, 6.07) is 3.77. The Labute approximate surface area is 108 Å². The number of carbonyl (C=O) groups excluding carboxylic acids is 1. The predicted molar refractivity (Wildman–Crippen MR) is 69.1 cm³/mol. The first-order valence-electron chi connectivity index (χ1n) is 6.19. The molecule has 1 aromatic rings. The van der Waals surface area contributed by atoms with E-state index in [2.05, 4.69) is 0 Å². The first-order valence-corrected chi connectivity index (χ1v) is 6.19. The number of aliphatic hydroxyl groups excluding tert-OH is 1. The third-order valence-electron chi connectivity index (χ3n) is 2.84. The van der Waals surface area contributed by atoms with Crippen LogP contribution in [0.25, 0.3) is 0 Å². The third-order valence-corrected chi connectivity index (χ3v) is 2.84. The molecule has 0 atom stereocenters. The first kappa shape index (κ1) is 14.7. The van der Waals surface area contributed by atoms with E-state index in [0.717, 1.165) is 18.1 Å². The van der Waals surface area contributed by atoms with Gasteiger partial charge in [-0.15, -0.1) is 0 Å². The van der Waals surface area contributed by atoms with Crippen molar-refractivity contribution in [1.29, 1.82) is 0 Å². The number of hydrogen-bond acceptors (Lipinski definition) is 4. The van der Waals surface area contributed by atoms with Crippen LogP contribution >= 0.6 is 0 Å². The van der Waals surface area contributed by atoms with Gasteiger partial charge in [0, 0.05) is 13.6 Å². The van der Waals surface area contributed by atoms with Gasteiger partial charge in [0.05, 0.1) is 19.7 Å². The Morgan fingerprint density at radius 1 is 1.44 bits per heavy atom. The molecule has 0 saturated heterocycles. The minimum absolute atomic E-state index is 0.0272. The first-order chi connectivity index (χ1) is 8.56. The van der Waals surface area contributed by atoms with Gasteiger partial charge in [-0.3, -0.25) is 9.69 Å². The van der Waals surface area contributed by atoms with E-state index in [9.17, 15) is 4.79 Å². The molecular weight excluding hydrogens is 232 g/mol. The second-order valence-electron chi connectivity index (χ2n) is 4.35. The van der Waals surface area contributed by atoms with Gasteiger partial charge in [0.2, 0.25) is 5.91 Å². The second kappa shape index (κ2) is 7.18. The maximum Gasteiger partial charge on any atom is 0.236 e. The lowest BCUT2D eigenvalue weighted by atomic mass is 10.3. The van der Waals surface area contributed by atoms with Gasteiger partial charge in [0.15, 0.2) is 0 Å². The largest absolute Gasteiger partial charge is 0.464 e. The molecule has 1 N–H and O–H groups in total. The van der Waals surface area contributed by atoms with Gasteiger partial charge in [0.25, 0.3) is 0 Å². The lowest BCUT2D eigenvalue weighted by Crippen LogP contribution is -2.39. The molecule has 0 aliphatic heterocycles. The molecule has 1 rings (SSSR count). The molecule has 1 aromatic heterocycles. The average molecular weight is 254 g/mol. The van der Waals surface area contributed by atoms with Crippen LogP contribution in [0.2, 0.25) is 0 Å². The predicted octanol–water partition coefficient (Wildman–Crippen LogP) is 0.861. The zero-order chi connectivity index (χ0) is 13.5. The third kappa shape index (κ3) is 4.50. The molecule has 1 amide bonds. The fourth-order valence-corrected chi connectivity index (χ4v) is 1.69. The summed E-state index contributed by atoms with van der Waals surface area (Å²) in [6.45, 7) is 6.00. The average Bonchev–Trinajstić information content (AvgIpc) is 2.73. The molecule has 1 heterocycles. The van der Waals surface area contributed by atoms with Crippen molar-refractivity contribution in [2.45, 2.75) is 20.4 Å².